The number of halogens is 1. The SMILES string of the molecule is CC(=O)N(CCC(=O)NCc1ccco1)c1ccc(Cl)cc1C. The lowest BCUT2D eigenvalue weighted by atomic mass is 10.1. The molecule has 2 amide bonds. The summed E-state index contributed by atoms with van der Waals surface area (Å²) in [6.45, 7) is 4.01. The number of amides is 2. The normalized spacial score (nSPS) is 10.4. The largest absolute Gasteiger partial charge is 0.467 e. The van der Waals surface area contributed by atoms with Crippen LogP contribution in [0.3, 0.4) is 0 Å². The zero-order chi connectivity index (χ0) is 16.8. The molecule has 0 radical (unpaired) electrons. The van der Waals surface area contributed by atoms with Crippen molar-refractivity contribution in [1.82, 2.24) is 5.32 Å². The Morgan fingerprint density at radius 2 is 2.09 bits per heavy atom. The number of nitrogens with one attached hydrogen (secondary N) is 1. The fourth-order valence-electron chi connectivity index (χ4n) is 2.27. The van der Waals surface area contributed by atoms with Crippen molar-refractivity contribution in [2.45, 2.75) is 26.8 Å². The fraction of sp³-hybridized carbons (Fsp3) is 0.294. The maximum absolute atomic E-state index is 11.9. The van der Waals surface area contributed by atoms with Crippen molar-refractivity contribution in [2.24, 2.45) is 0 Å². The average molecular weight is 335 g/mol. The molecule has 0 bridgehead atoms. The monoisotopic (exact) mass is 334 g/mol. The van der Waals surface area contributed by atoms with Crippen LogP contribution in [0.25, 0.3) is 0 Å². The summed E-state index contributed by atoms with van der Waals surface area (Å²) in [7, 11) is 0. The summed E-state index contributed by atoms with van der Waals surface area (Å²) < 4.78 is 5.15. The van der Waals surface area contributed by atoms with Gasteiger partial charge >= 0.3 is 0 Å². The van der Waals surface area contributed by atoms with E-state index in [0.717, 1.165) is 11.3 Å². The molecular weight excluding hydrogens is 316 g/mol. The van der Waals surface area contributed by atoms with E-state index in [9.17, 15) is 9.59 Å². The van der Waals surface area contributed by atoms with E-state index in [1.807, 2.05) is 6.92 Å². The molecule has 122 valence electrons. The van der Waals surface area contributed by atoms with Crippen molar-refractivity contribution in [3.8, 4) is 0 Å². The second-order valence-electron chi connectivity index (χ2n) is 5.21. The molecule has 0 saturated heterocycles. The number of anilines is 1. The van der Waals surface area contributed by atoms with Gasteiger partial charge in [0, 0.05) is 30.6 Å². The van der Waals surface area contributed by atoms with Gasteiger partial charge in [0.25, 0.3) is 0 Å². The maximum Gasteiger partial charge on any atom is 0.223 e. The Balaban J connectivity index is 1.94. The van der Waals surface area contributed by atoms with E-state index in [4.69, 9.17) is 16.0 Å². The minimum atomic E-state index is -0.140. The number of hydrogen-bond donors (Lipinski definition) is 1. The van der Waals surface area contributed by atoms with Crippen LogP contribution in [0.15, 0.2) is 41.0 Å². The molecule has 6 heteroatoms. The first-order chi connectivity index (χ1) is 11.0. The van der Waals surface area contributed by atoms with Gasteiger partial charge in [-0.3, -0.25) is 9.59 Å². The van der Waals surface area contributed by atoms with Crippen LogP contribution in [0.2, 0.25) is 5.02 Å². The van der Waals surface area contributed by atoms with Crippen LogP contribution in [0.4, 0.5) is 5.69 Å². The Bertz CT molecular complexity index is 683. The summed E-state index contributed by atoms with van der Waals surface area (Å²) in [6.07, 6.45) is 1.77. The van der Waals surface area contributed by atoms with E-state index in [-0.39, 0.29) is 18.2 Å². The van der Waals surface area contributed by atoms with Gasteiger partial charge in [0.1, 0.15) is 5.76 Å². The van der Waals surface area contributed by atoms with Gasteiger partial charge in [0.05, 0.1) is 12.8 Å². The molecule has 0 atom stereocenters. The molecule has 0 aliphatic carbocycles. The standard InChI is InChI=1S/C17H19ClN2O3/c1-12-10-14(18)5-6-16(12)20(13(2)21)8-7-17(22)19-11-15-4-3-9-23-15/h3-6,9-10H,7-8,11H2,1-2H3,(H,19,22). The van der Waals surface area contributed by atoms with Crippen LogP contribution in [0.1, 0.15) is 24.7 Å². The van der Waals surface area contributed by atoms with E-state index in [2.05, 4.69) is 5.32 Å². The second-order valence-corrected chi connectivity index (χ2v) is 5.64. The second kappa shape index (κ2) is 7.83. The molecule has 2 aromatic rings. The molecule has 1 aromatic carbocycles. The number of carbonyl (C=O) groups excluding carboxylic acids is 2. The Morgan fingerprint density at radius 1 is 1.30 bits per heavy atom. The minimum absolute atomic E-state index is 0.116. The van der Waals surface area contributed by atoms with Crippen LogP contribution < -0.4 is 10.2 Å². The molecule has 0 fully saturated rings. The van der Waals surface area contributed by atoms with Crippen LogP contribution in [-0.2, 0) is 16.1 Å². The maximum atomic E-state index is 11.9. The fourth-order valence-corrected chi connectivity index (χ4v) is 2.50. The van der Waals surface area contributed by atoms with Crippen molar-refractivity contribution < 1.29 is 14.0 Å². The molecule has 0 aliphatic heterocycles. The lowest BCUT2D eigenvalue weighted by Gasteiger charge is -2.23. The van der Waals surface area contributed by atoms with Crippen LogP contribution in [0, 0.1) is 6.92 Å². The van der Waals surface area contributed by atoms with Gasteiger partial charge in [0.15, 0.2) is 0 Å². The van der Waals surface area contributed by atoms with Crippen molar-refractivity contribution in [1.29, 1.82) is 0 Å². The molecular formula is C17H19ClN2O3. The lowest BCUT2D eigenvalue weighted by Crippen LogP contribution is -2.34. The molecule has 0 spiro atoms. The molecule has 0 aliphatic rings. The highest BCUT2D eigenvalue weighted by molar-refractivity contribution is 6.30. The predicted molar refractivity (Wildman–Crippen MR) is 89.4 cm³/mol. The predicted octanol–water partition coefficient (Wildman–Crippen LogP) is 3.30. The molecule has 1 N–H and O–H groups in total. The molecule has 2 rings (SSSR count). The van der Waals surface area contributed by atoms with Gasteiger partial charge in [-0.1, -0.05) is 11.6 Å². The van der Waals surface area contributed by atoms with Gasteiger partial charge in [-0.15, -0.1) is 0 Å². The molecule has 1 heterocycles. The van der Waals surface area contributed by atoms with Gasteiger partial charge < -0.3 is 14.6 Å². The molecule has 1 aromatic heterocycles. The third-order valence-corrected chi connectivity index (χ3v) is 3.67. The van der Waals surface area contributed by atoms with Crippen molar-refractivity contribution in [2.75, 3.05) is 11.4 Å². The first-order valence-corrected chi connectivity index (χ1v) is 7.68. The Kier molecular flexibility index (Phi) is 5.82. The zero-order valence-corrected chi connectivity index (χ0v) is 13.9. The number of rotatable bonds is 6. The number of benzene rings is 1. The Labute approximate surface area is 140 Å². The third-order valence-electron chi connectivity index (χ3n) is 3.43. The molecule has 0 unspecified atom stereocenters. The lowest BCUT2D eigenvalue weighted by molar-refractivity contribution is -0.121. The van der Waals surface area contributed by atoms with E-state index in [1.165, 1.54) is 6.92 Å². The minimum Gasteiger partial charge on any atom is -0.467 e. The summed E-state index contributed by atoms with van der Waals surface area (Å²) in [5.41, 5.74) is 1.66. The first-order valence-electron chi connectivity index (χ1n) is 7.30. The summed E-state index contributed by atoms with van der Waals surface area (Å²) in [5.74, 6) is 0.434. The molecule has 23 heavy (non-hydrogen) atoms. The number of furan rings is 1. The highest BCUT2D eigenvalue weighted by Gasteiger charge is 2.15. The van der Waals surface area contributed by atoms with Gasteiger partial charge in [-0.05, 0) is 42.8 Å². The van der Waals surface area contributed by atoms with Crippen molar-refractivity contribution in [3.63, 3.8) is 0 Å². The van der Waals surface area contributed by atoms with Crippen LogP contribution >= 0.6 is 11.6 Å². The highest BCUT2D eigenvalue weighted by Crippen LogP contribution is 2.24. The summed E-state index contributed by atoms with van der Waals surface area (Å²) >= 11 is 5.94. The summed E-state index contributed by atoms with van der Waals surface area (Å²) in [6, 6.07) is 8.88. The summed E-state index contributed by atoms with van der Waals surface area (Å²) in [4.78, 5) is 25.4. The van der Waals surface area contributed by atoms with Gasteiger partial charge in [0.2, 0.25) is 11.8 Å². The van der Waals surface area contributed by atoms with Gasteiger partial charge in [-0.25, -0.2) is 0 Å². The number of nitrogens with zero attached hydrogens (tertiary/aromatic N) is 1. The Hall–Kier alpha value is -2.27. The number of hydrogen-bond acceptors (Lipinski definition) is 3. The van der Waals surface area contributed by atoms with E-state index in [0.29, 0.717) is 23.9 Å². The van der Waals surface area contributed by atoms with Crippen molar-refractivity contribution in [3.05, 3.63) is 52.9 Å². The van der Waals surface area contributed by atoms with Crippen molar-refractivity contribution >= 4 is 29.1 Å². The van der Waals surface area contributed by atoms with Crippen LogP contribution in [0.5, 0.6) is 0 Å². The topological polar surface area (TPSA) is 62.6 Å². The van der Waals surface area contributed by atoms with Gasteiger partial charge in [-0.2, -0.15) is 0 Å². The Morgan fingerprint density at radius 3 is 2.70 bits per heavy atom. The average Bonchev–Trinajstić information content (AvgIpc) is 3.00. The molecule has 5 nitrogen and oxygen atoms in total. The summed E-state index contributed by atoms with van der Waals surface area (Å²) in [5, 5.41) is 3.38. The number of carbonyl (C=O) groups is 2. The van der Waals surface area contributed by atoms with E-state index in [1.54, 1.807) is 41.5 Å². The third kappa shape index (κ3) is 4.86. The quantitative estimate of drug-likeness (QED) is 0.881. The molecule has 0 saturated carbocycles. The first kappa shape index (κ1) is 17.1. The smallest absolute Gasteiger partial charge is 0.223 e. The highest BCUT2D eigenvalue weighted by atomic mass is 35.5. The zero-order valence-electron chi connectivity index (χ0n) is 13.1. The van der Waals surface area contributed by atoms with Crippen LogP contribution in [-0.4, -0.2) is 18.4 Å². The van der Waals surface area contributed by atoms with E-state index >= 15 is 0 Å². The number of aryl methyl sites for hydroxylation is 1. The van der Waals surface area contributed by atoms with E-state index < -0.39 is 0 Å².